The number of hydrogen-bond acceptors (Lipinski definition) is 6. The van der Waals surface area contributed by atoms with Crippen molar-refractivity contribution < 1.29 is 9.21 Å². The lowest BCUT2D eigenvalue weighted by Crippen LogP contribution is -2.35. The van der Waals surface area contributed by atoms with Crippen LogP contribution in [0, 0.1) is 19.8 Å². The lowest BCUT2D eigenvalue weighted by molar-refractivity contribution is -0.113. The van der Waals surface area contributed by atoms with Crippen LogP contribution >= 0.6 is 11.8 Å². The fraction of sp³-hybridized carbons (Fsp3) is 0.435. The topological polar surface area (TPSA) is 76.2 Å². The molecule has 8 heteroatoms. The summed E-state index contributed by atoms with van der Waals surface area (Å²) in [4.78, 5) is 14.9. The highest BCUT2D eigenvalue weighted by Crippen LogP contribution is 2.27. The zero-order valence-corrected chi connectivity index (χ0v) is 19.1. The van der Waals surface area contributed by atoms with Gasteiger partial charge in [0.1, 0.15) is 5.76 Å². The quantitative estimate of drug-likeness (QED) is 0.546. The molecule has 0 atom stereocenters. The van der Waals surface area contributed by atoms with Gasteiger partial charge in [0.25, 0.3) is 0 Å². The predicted molar refractivity (Wildman–Crippen MR) is 124 cm³/mol. The van der Waals surface area contributed by atoms with Gasteiger partial charge >= 0.3 is 0 Å². The van der Waals surface area contributed by atoms with E-state index >= 15 is 0 Å². The van der Waals surface area contributed by atoms with Crippen molar-refractivity contribution in [3.63, 3.8) is 0 Å². The molecule has 0 spiro atoms. The Labute approximate surface area is 187 Å². The SMILES string of the molecule is Cc1cccc(C)c1NC(=O)CSc1nnc(N2CCC(C)CC2)n1Cc1ccco1. The fourth-order valence-corrected chi connectivity index (χ4v) is 4.58. The van der Waals surface area contributed by atoms with Gasteiger partial charge in [0, 0.05) is 18.8 Å². The lowest BCUT2D eigenvalue weighted by Gasteiger charge is -2.31. The van der Waals surface area contributed by atoms with E-state index in [1.807, 2.05) is 44.2 Å². The Hall–Kier alpha value is -2.74. The molecule has 1 fully saturated rings. The Bertz CT molecular complexity index is 1000. The van der Waals surface area contributed by atoms with Gasteiger partial charge in [-0.25, -0.2) is 0 Å². The molecule has 3 aromatic rings. The van der Waals surface area contributed by atoms with Crippen LogP contribution < -0.4 is 10.2 Å². The maximum atomic E-state index is 12.6. The minimum atomic E-state index is -0.0525. The van der Waals surface area contributed by atoms with Crippen molar-refractivity contribution in [2.24, 2.45) is 5.92 Å². The lowest BCUT2D eigenvalue weighted by atomic mass is 10.00. The maximum absolute atomic E-state index is 12.6. The maximum Gasteiger partial charge on any atom is 0.234 e. The third kappa shape index (κ3) is 5.12. The molecule has 0 radical (unpaired) electrons. The van der Waals surface area contributed by atoms with E-state index in [9.17, 15) is 4.79 Å². The van der Waals surface area contributed by atoms with Crippen molar-refractivity contribution in [2.75, 3.05) is 29.1 Å². The molecule has 0 saturated carbocycles. The van der Waals surface area contributed by atoms with Crippen molar-refractivity contribution >= 4 is 29.3 Å². The van der Waals surface area contributed by atoms with Crippen molar-refractivity contribution in [3.8, 4) is 0 Å². The standard InChI is InChI=1S/C23H29N5O2S/c1-16-9-11-27(12-10-16)22-25-26-23(28(22)14-19-8-5-13-30-19)31-15-20(29)24-21-17(2)6-4-7-18(21)3/h4-8,13,16H,9-12,14-15H2,1-3H3,(H,24,29). The van der Waals surface area contributed by atoms with Gasteiger partial charge in [-0.05, 0) is 55.9 Å². The first-order chi connectivity index (χ1) is 15.0. The molecule has 4 rings (SSSR count). The highest BCUT2D eigenvalue weighted by atomic mass is 32.2. The van der Waals surface area contributed by atoms with Crippen molar-refractivity contribution in [3.05, 3.63) is 53.5 Å². The third-order valence-electron chi connectivity index (χ3n) is 5.74. The molecule has 7 nitrogen and oxygen atoms in total. The van der Waals surface area contributed by atoms with Gasteiger partial charge in [0.15, 0.2) is 5.16 Å². The van der Waals surface area contributed by atoms with Crippen LogP contribution in [-0.2, 0) is 11.3 Å². The van der Waals surface area contributed by atoms with Crippen LogP contribution in [0.4, 0.5) is 11.6 Å². The van der Waals surface area contributed by atoms with E-state index in [4.69, 9.17) is 4.42 Å². The number of carbonyl (C=O) groups excluding carboxylic acids is 1. The Balaban J connectivity index is 1.48. The smallest absolute Gasteiger partial charge is 0.234 e. The first-order valence-corrected chi connectivity index (χ1v) is 11.7. The number of anilines is 2. The molecule has 0 aliphatic carbocycles. The summed E-state index contributed by atoms with van der Waals surface area (Å²) in [5, 5.41) is 12.7. The van der Waals surface area contributed by atoms with Crippen LogP contribution in [0.15, 0.2) is 46.2 Å². The molecule has 1 N–H and O–H groups in total. The van der Waals surface area contributed by atoms with Crippen LogP contribution in [0.25, 0.3) is 0 Å². The molecule has 2 aromatic heterocycles. The first kappa shape index (κ1) is 21.5. The molecular formula is C23H29N5O2S. The summed E-state index contributed by atoms with van der Waals surface area (Å²) in [6.07, 6.45) is 3.97. The first-order valence-electron chi connectivity index (χ1n) is 10.7. The van der Waals surface area contributed by atoms with Gasteiger partial charge in [-0.1, -0.05) is 36.9 Å². The number of thioether (sulfide) groups is 1. The van der Waals surface area contributed by atoms with Crippen LogP contribution in [-0.4, -0.2) is 39.5 Å². The average Bonchev–Trinajstić information content (AvgIpc) is 3.41. The molecule has 3 heterocycles. The van der Waals surface area contributed by atoms with E-state index in [1.54, 1.807) is 6.26 Å². The number of benzene rings is 1. The van der Waals surface area contributed by atoms with Gasteiger partial charge in [0.05, 0.1) is 18.6 Å². The molecule has 0 unspecified atom stereocenters. The summed E-state index contributed by atoms with van der Waals surface area (Å²) >= 11 is 1.40. The summed E-state index contributed by atoms with van der Waals surface area (Å²) in [5.74, 6) is 2.64. The molecule has 164 valence electrons. The van der Waals surface area contributed by atoms with E-state index in [1.165, 1.54) is 11.8 Å². The number of hydrogen-bond donors (Lipinski definition) is 1. The average molecular weight is 440 g/mol. The summed E-state index contributed by atoms with van der Waals surface area (Å²) in [6, 6.07) is 9.83. The summed E-state index contributed by atoms with van der Waals surface area (Å²) in [7, 11) is 0. The number of amides is 1. The second kappa shape index (κ2) is 9.60. The van der Waals surface area contributed by atoms with Gasteiger partial charge in [-0.2, -0.15) is 0 Å². The number of furan rings is 1. The second-order valence-corrected chi connectivity index (χ2v) is 9.16. The van der Waals surface area contributed by atoms with Gasteiger partial charge in [-0.3, -0.25) is 9.36 Å². The Morgan fingerprint density at radius 1 is 1.16 bits per heavy atom. The van der Waals surface area contributed by atoms with E-state index in [-0.39, 0.29) is 11.7 Å². The summed E-state index contributed by atoms with van der Waals surface area (Å²) in [5.41, 5.74) is 3.00. The van der Waals surface area contributed by atoms with Gasteiger partial charge < -0.3 is 14.6 Å². The zero-order chi connectivity index (χ0) is 21.8. The largest absolute Gasteiger partial charge is 0.467 e. The van der Waals surface area contributed by atoms with E-state index in [0.717, 1.165) is 65.5 Å². The summed E-state index contributed by atoms with van der Waals surface area (Å²) in [6.45, 7) is 8.77. The number of carbonyl (C=O) groups is 1. The van der Waals surface area contributed by atoms with Gasteiger partial charge in [0.2, 0.25) is 11.9 Å². The Morgan fingerprint density at radius 2 is 1.90 bits per heavy atom. The number of piperidine rings is 1. The number of para-hydroxylation sites is 1. The van der Waals surface area contributed by atoms with Crippen LogP contribution in [0.3, 0.4) is 0 Å². The Kier molecular flexibility index (Phi) is 6.65. The number of nitrogens with one attached hydrogen (secondary N) is 1. The van der Waals surface area contributed by atoms with Crippen molar-refractivity contribution in [1.29, 1.82) is 0 Å². The number of rotatable bonds is 7. The minimum absolute atomic E-state index is 0.0525. The molecule has 1 aromatic carbocycles. The molecule has 1 aliphatic heterocycles. The molecule has 1 saturated heterocycles. The van der Waals surface area contributed by atoms with Crippen LogP contribution in [0.1, 0.15) is 36.7 Å². The highest BCUT2D eigenvalue weighted by molar-refractivity contribution is 7.99. The van der Waals surface area contributed by atoms with Crippen LogP contribution in [0.2, 0.25) is 0 Å². The molecular weight excluding hydrogens is 410 g/mol. The predicted octanol–water partition coefficient (Wildman–Crippen LogP) is 4.50. The zero-order valence-electron chi connectivity index (χ0n) is 18.3. The highest BCUT2D eigenvalue weighted by Gasteiger charge is 2.23. The monoisotopic (exact) mass is 439 g/mol. The van der Waals surface area contributed by atoms with Crippen molar-refractivity contribution in [1.82, 2.24) is 14.8 Å². The van der Waals surface area contributed by atoms with E-state index in [0.29, 0.717) is 6.54 Å². The van der Waals surface area contributed by atoms with Gasteiger partial charge in [-0.15, -0.1) is 10.2 Å². The minimum Gasteiger partial charge on any atom is -0.467 e. The Morgan fingerprint density at radius 3 is 2.58 bits per heavy atom. The van der Waals surface area contributed by atoms with Crippen LogP contribution in [0.5, 0.6) is 0 Å². The molecule has 1 aliphatic rings. The molecule has 0 bridgehead atoms. The second-order valence-electron chi connectivity index (χ2n) is 8.22. The number of aromatic nitrogens is 3. The van der Waals surface area contributed by atoms with Crippen molar-refractivity contribution in [2.45, 2.75) is 45.3 Å². The summed E-state index contributed by atoms with van der Waals surface area (Å²) < 4.78 is 7.63. The van der Waals surface area contributed by atoms with E-state index in [2.05, 4.69) is 31.9 Å². The van der Waals surface area contributed by atoms with E-state index < -0.39 is 0 Å². The number of aryl methyl sites for hydroxylation is 2. The normalized spacial score (nSPS) is 14.7. The molecule has 1 amide bonds. The number of nitrogens with zero attached hydrogens (tertiary/aromatic N) is 4. The molecule has 31 heavy (non-hydrogen) atoms. The fourth-order valence-electron chi connectivity index (χ4n) is 3.84. The third-order valence-corrected chi connectivity index (χ3v) is 6.70.